The number of amides is 3. The Balaban J connectivity index is 2.01. The first kappa shape index (κ1) is 18.0. The van der Waals surface area contributed by atoms with Gasteiger partial charge in [-0.1, -0.05) is 6.92 Å². The number of urea groups is 1. The first-order valence-corrected chi connectivity index (χ1v) is 7.86. The van der Waals surface area contributed by atoms with Gasteiger partial charge in [-0.2, -0.15) is 0 Å². The van der Waals surface area contributed by atoms with Crippen LogP contribution in [0, 0.1) is 5.82 Å². The Morgan fingerprint density at radius 3 is 2.67 bits per heavy atom. The second-order valence-corrected chi connectivity index (χ2v) is 5.80. The molecule has 0 radical (unpaired) electrons. The van der Waals surface area contributed by atoms with Crippen molar-refractivity contribution in [2.24, 2.45) is 5.73 Å². The van der Waals surface area contributed by atoms with Gasteiger partial charge >= 0.3 is 6.03 Å². The Morgan fingerprint density at radius 1 is 1.42 bits per heavy atom. The number of benzene rings is 1. The molecule has 0 unspecified atom stereocenters. The fourth-order valence-corrected chi connectivity index (χ4v) is 2.45. The summed E-state index contributed by atoms with van der Waals surface area (Å²) >= 11 is 0. The fraction of sp³-hybridized carbons (Fsp3) is 0.500. The van der Waals surface area contributed by atoms with Crippen molar-refractivity contribution in [3.8, 4) is 5.75 Å². The van der Waals surface area contributed by atoms with Gasteiger partial charge in [-0.3, -0.25) is 4.79 Å². The predicted octanol–water partition coefficient (Wildman–Crippen LogP) is 1.46. The van der Waals surface area contributed by atoms with Gasteiger partial charge in [-0.05, 0) is 18.6 Å². The lowest BCUT2D eigenvalue weighted by Crippen LogP contribution is -2.54. The second kappa shape index (κ2) is 7.48. The second-order valence-electron chi connectivity index (χ2n) is 5.80. The molecule has 8 heteroatoms. The lowest BCUT2D eigenvalue weighted by Gasteiger charge is -2.36. The smallest absolute Gasteiger partial charge is 0.321 e. The minimum Gasteiger partial charge on any atom is -0.491 e. The van der Waals surface area contributed by atoms with Gasteiger partial charge < -0.3 is 25.8 Å². The molecule has 1 aliphatic heterocycles. The minimum atomic E-state index is -1.57. The number of ether oxygens (including phenoxy) is 1. The van der Waals surface area contributed by atoms with Crippen molar-refractivity contribution < 1.29 is 23.8 Å². The van der Waals surface area contributed by atoms with Crippen LogP contribution in [0.4, 0.5) is 14.9 Å². The number of nitrogens with two attached hydrogens (primary N) is 1. The normalized spacial score (nSPS) is 16.5. The van der Waals surface area contributed by atoms with Crippen LogP contribution in [0.3, 0.4) is 0 Å². The van der Waals surface area contributed by atoms with Crippen LogP contribution in [-0.2, 0) is 4.79 Å². The lowest BCUT2D eigenvalue weighted by atomic mass is 9.91. The Morgan fingerprint density at radius 2 is 2.08 bits per heavy atom. The van der Waals surface area contributed by atoms with E-state index in [-0.39, 0.29) is 31.7 Å². The van der Waals surface area contributed by atoms with E-state index in [1.165, 1.54) is 23.1 Å². The Labute approximate surface area is 139 Å². The van der Waals surface area contributed by atoms with Gasteiger partial charge in [-0.15, -0.1) is 0 Å². The maximum Gasteiger partial charge on any atom is 0.321 e. The molecule has 0 bridgehead atoms. The summed E-state index contributed by atoms with van der Waals surface area (Å²) in [5, 5.41) is 12.7. The summed E-state index contributed by atoms with van der Waals surface area (Å²) in [6, 6.07) is 3.47. The first-order chi connectivity index (χ1) is 11.4. The molecule has 1 heterocycles. The number of carbonyl (C=O) groups is 2. The van der Waals surface area contributed by atoms with E-state index >= 15 is 0 Å². The zero-order chi connectivity index (χ0) is 17.7. The highest BCUT2D eigenvalue weighted by molar-refractivity contribution is 5.91. The number of piperidine rings is 1. The molecule has 0 atom stereocenters. The number of nitrogens with zero attached hydrogens (tertiary/aromatic N) is 1. The average molecular weight is 339 g/mol. The van der Waals surface area contributed by atoms with Gasteiger partial charge in [0.2, 0.25) is 5.91 Å². The lowest BCUT2D eigenvalue weighted by molar-refractivity contribution is -0.140. The van der Waals surface area contributed by atoms with E-state index in [1.807, 2.05) is 6.92 Å². The predicted molar refractivity (Wildman–Crippen MR) is 86.2 cm³/mol. The van der Waals surface area contributed by atoms with E-state index in [2.05, 4.69) is 5.32 Å². The topological polar surface area (TPSA) is 105 Å². The van der Waals surface area contributed by atoms with Crippen LogP contribution in [0.1, 0.15) is 26.2 Å². The van der Waals surface area contributed by atoms with Crippen molar-refractivity contribution in [1.29, 1.82) is 0 Å². The van der Waals surface area contributed by atoms with Crippen molar-refractivity contribution in [1.82, 2.24) is 4.90 Å². The fourth-order valence-electron chi connectivity index (χ4n) is 2.45. The molecule has 1 fully saturated rings. The van der Waals surface area contributed by atoms with Crippen LogP contribution in [0.15, 0.2) is 18.2 Å². The third-order valence-corrected chi connectivity index (χ3v) is 3.98. The molecule has 24 heavy (non-hydrogen) atoms. The molecule has 132 valence electrons. The highest BCUT2D eigenvalue weighted by atomic mass is 19.1. The summed E-state index contributed by atoms with van der Waals surface area (Å²) in [4.78, 5) is 25.0. The quantitative estimate of drug-likeness (QED) is 0.755. The number of likely N-dealkylation sites (tertiary alicyclic amines) is 1. The molecule has 1 aliphatic rings. The highest BCUT2D eigenvalue weighted by Gasteiger charge is 2.38. The van der Waals surface area contributed by atoms with Crippen molar-refractivity contribution >= 4 is 17.6 Å². The summed E-state index contributed by atoms with van der Waals surface area (Å²) < 4.78 is 18.8. The van der Waals surface area contributed by atoms with Gasteiger partial charge in [0.15, 0.2) is 0 Å². The zero-order valence-electron chi connectivity index (χ0n) is 13.5. The van der Waals surface area contributed by atoms with Crippen LogP contribution in [0.2, 0.25) is 0 Å². The summed E-state index contributed by atoms with van der Waals surface area (Å²) in [5.41, 5.74) is 3.97. The number of hydrogen-bond donors (Lipinski definition) is 3. The van der Waals surface area contributed by atoms with Crippen LogP contribution in [0.25, 0.3) is 0 Å². The molecule has 0 aromatic heterocycles. The molecular weight excluding hydrogens is 317 g/mol. The SMILES string of the molecule is CCCOc1cc(F)ccc1NC(=O)N1CCC(O)(C(N)=O)CC1. The van der Waals surface area contributed by atoms with Crippen LogP contribution in [0.5, 0.6) is 5.75 Å². The third kappa shape index (κ3) is 4.14. The number of primary amides is 1. The number of aliphatic hydroxyl groups is 1. The molecule has 1 aromatic rings. The number of hydrogen-bond acceptors (Lipinski definition) is 4. The molecule has 0 aliphatic carbocycles. The zero-order valence-corrected chi connectivity index (χ0v) is 13.5. The Kier molecular flexibility index (Phi) is 5.61. The Bertz CT molecular complexity index is 615. The minimum absolute atomic E-state index is 0.0817. The molecule has 0 saturated carbocycles. The van der Waals surface area contributed by atoms with Crippen LogP contribution >= 0.6 is 0 Å². The maximum atomic E-state index is 13.4. The first-order valence-electron chi connectivity index (χ1n) is 7.86. The van der Waals surface area contributed by atoms with E-state index in [0.717, 1.165) is 6.42 Å². The standard InChI is InChI=1S/C16H22FN3O4/c1-2-9-24-13-10-11(17)3-4-12(13)19-15(22)20-7-5-16(23,6-8-20)14(18)21/h3-4,10,23H,2,5-9H2,1H3,(H2,18,21)(H,19,22). The van der Waals surface area contributed by atoms with E-state index in [4.69, 9.17) is 10.5 Å². The van der Waals surface area contributed by atoms with Gasteiger partial charge in [0, 0.05) is 32.0 Å². The van der Waals surface area contributed by atoms with Crippen molar-refractivity contribution in [2.45, 2.75) is 31.8 Å². The van der Waals surface area contributed by atoms with E-state index in [0.29, 0.717) is 12.3 Å². The maximum absolute atomic E-state index is 13.4. The molecule has 1 saturated heterocycles. The number of halogens is 1. The molecule has 7 nitrogen and oxygen atoms in total. The molecule has 3 amide bonds. The monoisotopic (exact) mass is 339 g/mol. The Hall–Kier alpha value is -2.35. The van der Waals surface area contributed by atoms with Gasteiger partial charge in [0.05, 0.1) is 12.3 Å². The summed E-state index contributed by atoms with van der Waals surface area (Å²) in [6.45, 7) is 2.71. The summed E-state index contributed by atoms with van der Waals surface area (Å²) in [7, 11) is 0. The average Bonchev–Trinajstić information content (AvgIpc) is 2.55. The van der Waals surface area contributed by atoms with Crippen LogP contribution < -0.4 is 15.8 Å². The number of anilines is 1. The number of rotatable bonds is 5. The molecule has 1 aromatic carbocycles. The van der Waals surface area contributed by atoms with E-state index in [1.54, 1.807) is 0 Å². The third-order valence-electron chi connectivity index (χ3n) is 3.98. The molecule has 0 spiro atoms. The highest BCUT2D eigenvalue weighted by Crippen LogP contribution is 2.27. The van der Waals surface area contributed by atoms with Gasteiger partial charge in [-0.25, -0.2) is 9.18 Å². The van der Waals surface area contributed by atoms with Crippen LogP contribution in [-0.4, -0.2) is 47.2 Å². The van der Waals surface area contributed by atoms with Crippen molar-refractivity contribution in [3.05, 3.63) is 24.0 Å². The van der Waals surface area contributed by atoms with Crippen molar-refractivity contribution in [2.75, 3.05) is 25.0 Å². The molecule has 4 N–H and O–H groups in total. The largest absolute Gasteiger partial charge is 0.491 e. The summed E-state index contributed by atoms with van der Waals surface area (Å²) in [5.74, 6) is -0.976. The van der Waals surface area contributed by atoms with Gasteiger partial charge in [0.25, 0.3) is 0 Å². The van der Waals surface area contributed by atoms with E-state index in [9.17, 15) is 19.1 Å². The summed E-state index contributed by atoms with van der Waals surface area (Å²) in [6.07, 6.45) is 0.915. The number of nitrogens with one attached hydrogen (secondary N) is 1. The molecule has 2 rings (SSSR count). The van der Waals surface area contributed by atoms with Crippen molar-refractivity contribution in [3.63, 3.8) is 0 Å². The van der Waals surface area contributed by atoms with Gasteiger partial charge in [0.1, 0.15) is 17.2 Å². The number of carbonyl (C=O) groups excluding carboxylic acids is 2. The van der Waals surface area contributed by atoms with E-state index < -0.39 is 23.4 Å². The molecular formula is C16H22FN3O4.